The van der Waals surface area contributed by atoms with Crippen molar-refractivity contribution in [3.63, 3.8) is 0 Å². The summed E-state index contributed by atoms with van der Waals surface area (Å²) >= 11 is 0. The van der Waals surface area contributed by atoms with Gasteiger partial charge in [0.2, 0.25) is 0 Å². The molecule has 0 radical (unpaired) electrons. The number of hydrogen-bond donors (Lipinski definition) is 3. The lowest BCUT2D eigenvalue weighted by atomic mass is 10.0. The van der Waals surface area contributed by atoms with Gasteiger partial charge >= 0.3 is 0 Å². The molecule has 1 amide bonds. The molecule has 41 heavy (non-hydrogen) atoms. The third-order valence-electron chi connectivity index (χ3n) is 7.42. The van der Waals surface area contributed by atoms with E-state index in [2.05, 4.69) is 75.8 Å². The van der Waals surface area contributed by atoms with Crippen molar-refractivity contribution in [2.24, 2.45) is 0 Å². The maximum absolute atomic E-state index is 12.5. The molecule has 2 aromatic heterocycles. The van der Waals surface area contributed by atoms with Crippen LogP contribution in [0.4, 0.5) is 5.95 Å². The summed E-state index contributed by atoms with van der Waals surface area (Å²) in [6, 6.07) is 16.6. The van der Waals surface area contributed by atoms with Gasteiger partial charge in [0.05, 0.1) is 17.9 Å². The molecule has 2 aromatic carbocycles. The van der Waals surface area contributed by atoms with E-state index in [0.717, 1.165) is 74.0 Å². The van der Waals surface area contributed by atoms with Crippen LogP contribution < -0.4 is 11.1 Å². The van der Waals surface area contributed by atoms with Gasteiger partial charge in [0.25, 0.3) is 5.91 Å². The first kappa shape index (κ1) is 30.0. The van der Waals surface area contributed by atoms with Gasteiger partial charge in [-0.25, -0.2) is 4.98 Å². The number of rotatable bonds is 17. The fourth-order valence-corrected chi connectivity index (χ4v) is 5.10. The van der Waals surface area contributed by atoms with E-state index in [1.54, 1.807) is 4.68 Å². The third-order valence-corrected chi connectivity index (χ3v) is 7.42. The monoisotopic (exact) mass is 555 g/mol. The molecule has 8 heteroatoms. The number of nitrogens with one attached hydrogen (secondary N) is 2. The molecule has 4 aromatic rings. The number of carbonyl (C=O) groups excluding carboxylic acids is 1. The molecule has 0 unspecified atom stereocenters. The Balaban J connectivity index is 1.14. The lowest BCUT2D eigenvalue weighted by Gasteiger charge is -2.06. The molecular weight excluding hydrogens is 510 g/mol. The van der Waals surface area contributed by atoms with Crippen molar-refractivity contribution in [3.05, 3.63) is 82.8 Å². The van der Waals surface area contributed by atoms with Gasteiger partial charge in [0, 0.05) is 29.6 Å². The van der Waals surface area contributed by atoms with Crippen LogP contribution in [0, 0.1) is 0 Å². The summed E-state index contributed by atoms with van der Waals surface area (Å²) in [4.78, 5) is 20.3. The number of nitrogens with two attached hydrogens (primary N) is 1. The summed E-state index contributed by atoms with van der Waals surface area (Å²) in [5, 5.41) is 11.5. The summed E-state index contributed by atoms with van der Waals surface area (Å²) in [6.45, 7) is 5.51. The first-order valence-electron chi connectivity index (χ1n) is 15.3. The number of nitrogen functional groups attached to an aromatic ring is 1. The van der Waals surface area contributed by atoms with Crippen LogP contribution in [0.15, 0.2) is 54.7 Å². The standard InChI is InChI=1S/C33H45N7O/c1-3-5-7-11-26-16-20-28(21-17-26)32(41)35-22-23-40-24-29(38-39-40)12-8-6-9-13-30-31(37-33(34)36-30)27-18-14-25(10-4-2)15-19-27/h14-21,24H,3-13,22-23H2,1-2H3,(H,35,41)(H3,34,36,37). The molecule has 0 saturated carbocycles. The Morgan fingerprint density at radius 1 is 0.854 bits per heavy atom. The molecule has 0 aliphatic rings. The molecule has 0 saturated heterocycles. The first-order valence-corrected chi connectivity index (χ1v) is 15.3. The van der Waals surface area contributed by atoms with Crippen molar-refractivity contribution in [2.75, 3.05) is 12.3 Å². The molecule has 0 fully saturated rings. The van der Waals surface area contributed by atoms with Crippen LogP contribution in [-0.2, 0) is 32.2 Å². The van der Waals surface area contributed by atoms with E-state index in [4.69, 9.17) is 5.73 Å². The highest BCUT2D eigenvalue weighted by atomic mass is 16.1. The van der Waals surface area contributed by atoms with E-state index >= 15 is 0 Å². The van der Waals surface area contributed by atoms with Gasteiger partial charge in [-0.05, 0) is 68.2 Å². The number of carbonyl (C=O) groups is 1. The molecule has 4 N–H and O–H groups in total. The maximum Gasteiger partial charge on any atom is 0.251 e. The van der Waals surface area contributed by atoms with Crippen molar-refractivity contribution in [1.29, 1.82) is 0 Å². The van der Waals surface area contributed by atoms with Crippen molar-refractivity contribution < 1.29 is 4.79 Å². The normalized spacial score (nSPS) is 11.2. The van der Waals surface area contributed by atoms with E-state index in [0.29, 0.717) is 24.6 Å². The fraction of sp³-hybridized carbons (Fsp3) is 0.455. The number of nitrogens with zero attached hydrogens (tertiary/aromatic N) is 4. The van der Waals surface area contributed by atoms with E-state index in [-0.39, 0.29) is 5.91 Å². The average Bonchev–Trinajstić information content (AvgIpc) is 3.59. The highest BCUT2D eigenvalue weighted by molar-refractivity contribution is 5.94. The lowest BCUT2D eigenvalue weighted by Crippen LogP contribution is -2.27. The van der Waals surface area contributed by atoms with Crippen molar-refractivity contribution in [2.45, 2.75) is 91.0 Å². The first-order chi connectivity index (χ1) is 20.1. The average molecular weight is 556 g/mol. The summed E-state index contributed by atoms with van der Waals surface area (Å²) in [5.74, 6) is 0.414. The summed E-state index contributed by atoms with van der Waals surface area (Å²) in [6.07, 6.45) is 13.9. The van der Waals surface area contributed by atoms with Gasteiger partial charge in [-0.2, -0.15) is 0 Å². The second kappa shape index (κ2) is 15.7. The van der Waals surface area contributed by atoms with Crippen LogP contribution in [0.5, 0.6) is 0 Å². The predicted octanol–water partition coefficient (Wildman–Crippen LogP) is 6.32. The fourth-order valence-electron chi connectivity index (χ4n) is 5.10. The number of imidazole rings is 1. The number of amides is 1. The summed E-state index contributed by atoms with van der Waals surface area (Å²) in [7, 11) is 0. The van der Waals surface area contributed by atoms with Crippen LogP contribution >= 0.6 is 0 Å². The van der Waals surface area contributed by atoms with Crippen molar-refractivity contribution in [3.8, 4) is 11.3 Å². The van der Waals surface area contributed by atoms with E-state index < -0.39 is 0 Å². The van der Waals surface area contributed by atoms with Crippen LogP contribution in [0.25, 0.3) is 11.3 Å². The van der Waals surface area contributed by atoms with Gasteiger partial charge in [-0.15, -0.1) is 5.10 Å². The van der Waals surface area contributed by atoms with Gasteiger partial charge < -0.3 is 16.0 Å². The number of unbranched alkanes of at least 4 members (excludes halogenated alkanes) is 4. The van der Waals surface area contributed by atoms with Crippen molar-refractivity contribution in [1.82, 2.24) is 30.3 Å². The quantitative estimate of drug-likeness (QED) is 0.132. The van der Waals surface area contributed by atoms with Gasteiger partial charge in [0.15, 0.2) is 5.95 Å². The van der Waals surface area contributed by atoms with Gasteiger partial charge in [0.1, 0.15) is 0 Å². The second-order valence-electron chi connectivity index (χ2n) is 10.8. The second-order valence-corrected chi connectivity index (χ2v) is 10.8. The summed E-state index contributed by atoms with van der Waals surface area (Å²) < 4.78 is 1.80. The van der Waals surface area contributed by atoms with Crippen molar-refractivity contribution >= 4 is 11.9 Å². The molecule has 0 spiro atoms. The highest BCUT2D eigenvalue weighted by Gasteiger charge is 2.11. The Morgan fingerprint density at radius 3 is 2.32 bits per heavy atom. The molecular formula is C33H45N7O. The van der Waals surface area contributed by atoms with Gasteiger partial charge in [-0.3, -0.25) is 9.48 Å². The minimum absolute atomic E-state index is 0.0545. The van der Waals surface area contributed by atoms with Crippen LogP contribution in [0.2, 0.25) is 0 Å². The molecule has 0 aliphatic carbocycles. The minimum Gasteiger partial charge on any atom is -0.369 e. The smallest absolute Gasteiger partial charge is 0.251 e. The Hall–Kier alpha value is -3.94. The zero-order chi connectivity index (χ0) is 28.9. The zero-order valence-electron chi connectivity index (χ0n) is 24.7. The van der Waals surface area contributed by atoms with Crippen LogP contribution in [-0.4, -0.2) is 37.4 Å². The van der Waals surface area contributed by atoms with Crippen LogP contribution in [0.1, 0.15) is 91.7 Å². The van der Waals surface area contributed by atoms with E-state index in [1.807, 2.05) is 18.3 Å². The maximum atomic E-state index is 12.5. The Kier molecular flexibility index (Phi) is 11.5. The molecule has 0 atom stereocenters. The largest absolute Gasteiger partial charge is 0.369 e. The molecule has 0 aliphatic heterocycles. The lowest BCUT2D eigenvalue weighted by molar-refractivity contribution is 0.0952. The molecule has 2 heterocycles. The van der Waals surface area contributed by atoms with E-state index in [9.17, 15) is 4.79 Å². The van der Waals surface area contributed by atoms with Gasteiger partial charge in [-0.1, -0.05) is 81.1 Å². The Labute approximate surface area is 244 Å². The number of anilines is 1. The molecule has 4 rings (SSSR count). The Bertz CT molecular complexity index is 1340. The molecule has 8 nitrogen and oxygen atoms in total. The zero-order valence-corrected chi connectivity index (χ0v) is 24.7. The predicted molar refractivity (Wildman–Crippen MR) is 166 cm³/mol. The summed E-state index contributed by atoms with van der Waals surface area (Å²) in [5.41, 5.74) is 13.5. The molecule has 0 bridgehead atoms. The number of hydrogen-bond acceptors (Lipinski definition) is 5. The number of aryl methyl sites for hydroxylation is 4. The minimum atomic E-state index is -0.0545. The highest BCUT2D eigenvalue weighted by Crippen LogP contribution is 2.25. The number of aromatic amines is 1. The number of benzene rings is 2. The van der Waals surface area contributed by atoms with E-state index in [1.165, 1.54) is 30.4 Å². The number of H-pyrrole nitrogens is 1. The third kappa shape index (κ3) is 9.30. The van der Waals surface area contributed by atoms with Crippen LogP contribution in [0.3, 0.4) is 0 Å². The SMILES string of the molecule is CCCCCc1ccc(C(=O)NCCn2cc(CCCCCc3[nH]c(N)nc3-c3ccc(CCC)cc3)nn2)cc1. The Morgan fingerprint density at radius 2 is 1.56 bits per heavy atom. The number of aromatic nitrogens is 5. The molecule has 218 valence electrons. The topological polar surface area (TPSA) is 115 Å².